The van der Waals surface area contributed by atoms with Crippen LogP contribution in [0.2, 0.25) is 5.02 Å². The van der Waals surface area contributed by atoms with Gasteiger partial charge in [0.1, 0.15) is 0 Å². The van der Waals surface area contributed by atoms with E-state index in [-0.39, 0.29) is 0 Å². The van der Waals surface area contributed by atoms with Crippen molar-refractivity contribution in [3.63, 3.8) is 0 Å². The van der Waals surface area contributed by atoms with Crippen molar-refractivity contribution in [1.82, 2.24) is 15.2 Å². The smallest absolute Gasteiger partial charge is 0.209 e. The van der Waals surface area contributed by atoms with Gasteiger partial charge in [-0.15, -0.1) is 0 Å². The highest BCUT2D eigenvalue weighted by Gasteiger charge is 2.20. The van der Waals surface area contributed by atoms with E-state index in [1.807, 2.05) is 24.3 Å². The van der Waals surface area contributed by atoms with Crippen LogP contribution in [-0.4, -0.2) is 36.1 Å². The average Bonchev–Trinajstić information content (AvgIpc) is 3.03. The van der Waals surface area contributed by atoms with Gasteiger partial charge in [-0.25, -0.2) is 4.98 Å². The second kappa shape index (κ2) is 7.95. The number of aromatic nitrogens is 1. The van der Waals surface area contributed by atoms with Crippen molar-refractivity contribution in [2.24, 2.45) is 5.92 Å². The molecule has 1 aliphatic rings. The predicted octanol–water partition coefficient (Wildman–Crippen LogP) is 3.82. The quantitative estimate of drug-likeness (QED) is 0.872. The molecule has 0 atom stereocenters. The first-order chi connectivity index (χ1) is 11.2. The van der Waals surface area contributed by atoms with E-state index in [9.17, 15) is 0 Å². The number of rotatable bonds is 6. The summed E-state index contributed by atoms with van der Waals surface area (Å²) in [6.07, 6.45) is 4.28. The molecular formula is C18H24ClN3O. The number of benzene rings is 1. The third-order valence-corrected chi connectivity index (χ3v) is 4.65. The van der Waals surface area contributed by atoms with Crippen molar-refractivity contribution in [2.75, 3.05) is 26.2 Å². The predicted molar refractivity (Wildman–Crippen MR) is 93.5 cm³/mol. The molecule has 0 radical (unpaired) electrons. The van der Waals surface area contributed by atoms with Crippen LogP contribution in [0.1, 0.15) is 25.7 Å². The Hall–Kier alpha value is -1.36. The lowest BCUT2D eigenvalue weighted by atomic mass is 9.97. The van der Waals surface area contributed by atoms with E-state index >= 15 is 0 Å². The lowest BCUT2D eigenvalue weighted by Crippen LogP contribution is -2.36. The topological polar surface area (TPSA) is 41.3 Å². The summed E-state index contributed by atoms with van der Waals surface area (Å²) in [7, 11) is 0. The van der Waals surface area contributed by atoms with Crippen molar-refractivity contribution in [2.45, 2.75) is 26.3 Å². The van der Waals surface area contributed by atoms with E-state index in [0.717, 1.165) is 55.9 Å². The molecular weight excluding hydrogens is 310 g/mol. The van der Waals surface area contributed by atoms with Gasteiger partial charge in [0.2, 0.25) is 5.89 Å². The van der Waals surface area contributed by atoms with Gasteiger partial charge in [-0.1, -0.05) is 30.7 Å². The van der Waals surface area contributed by atoms with Crippen LogP contribution in [0.3, 0.4) is 0 Å². The van der Waals surface area contributed by atoms with Gasteiger partial charge in [0.05, 0.1) is 12.7 Å². The largest absolute Gasteiger partial charge is 0.439 e. The third kappa shape index (κ3) is 4.56. The Balaban J connectivity index is 1.54. The Morgan fingerprint density at radius 3 is 2.91 bits per heavy atom. The highest BCUT2D eigenvalue weighted by molar-refractivity contribution is 6.30. The molecule has 1 aliphatic heterocycles. The summed E-state index contributed by atoms with van der Waals surface area (Å²) < 4.78 is 5.90. The van der Waals surface area contributed by atoms with Crippen LogP contribution in [0.4, 0.5) is 0 Å². The number of oxazole rings is 1. The molecule has 1 aromatic heterocycles. The fraction of sp³-hybridized carbons (Fsp3) is 0.500. The van der Waals surface area contributed by atoms with Crippen molar-refractivity contribution < 1.29 is 4.42 Å². The number of hydrogen-bond donors (Lipinski definition) is 1. The van der Waals surface area contributed by atoms with Gasteiger partial charge in [-0.3, -0.25) is 4.90 Å². The Bertz CT molecular complexity index is 620. The number of piperidine rings is 1. The molecule has 0 spiro atoms. The number of nitrogens with zero attached hydrogens (tertiary/aromatic N) is 2. The zero-order valence-corrected chi connectivity index (χ0v) is 14.4. The Labute approximate surface area is 142 Å². The summed E-state index contributed by atoms with van der Waals surface area (Å²) in [5, 5.41) is 4.16. The molecule has 124 valence electrons. The normalized spacial score (nSPS) is 16.8. The number of halogens is 1. The molecule has 2 aromatic rings. The lowest BCUT2D eigenvalue weighted by molar-refractivity contribution is 0.163. The SMILES string of the molecule is CCNCC1CCN(Cc2ncc(-c3cccc(Cl)c3)o2)CC1. The Morgan fingerprint density at radius 1 is 1.35 bits per heavy atom. The highest BCUT2D eigenvalue weighted by Crippen LogP contribution is 2.24. The molecule has 1 aromatic carbocycles. The summed E-state index contributed by atoms with van der Waals surface area (Å²) in [5.41, 5.74) is 0.973. The van der Waals surface area contributed by atoms with Gasteiger partial charge >= 0.3 is 0 Å². The molecule has 1 N–H and O–H groups in total. The van der Waals surface area contributed by atoms with E-state index in [4.69, 9.17) is 16.0 Å². The average molecular weight is 334 g/mol. The highest BCUT2D eigenvalue weighted by atomic mass is 35.5. The fourth-order valence-electron chi connectivity index (χ4n) is 3.05. The molecule has 23 heavy (non-hydrogen) atoms. The van der Waals surface area contributed by atoms with Crippen molar-refractivity contribution in [3.05, 3.63) is 41.4 Å². The molecule has 5 heteroatoms. The van der Waals surface area contributed by atoms with Crippen LogP contribution in [0.5, 0.6) is 0 Å². The lowest BCUT2D eigenvalue weighted by Gasteiger charge is -2.31. The summed E-state index contributed by atoms with van der Waals surface area (Å²) in [6, 6.07) is 7.68. The molecule has 0 bridgehead atoms. The Morgan fingerprint density at radius 2 is 2.17 bits per heavy atom. The second-order valence-corrected chi connectivity index (χ2v) is 6.59. The first-order valence-corrected chi connectivity index (χ1v) is 8.76. The van der Waals surface area contributed by atoms with E-state index in [0.29, 0.717) is 5.02 Å². The molecule has 4 nitrogen and oxygen atoms in total. The first kappa shape index (κ1) is 16.5. The summed E-state index contributed by atoms with van der Waals surface area (Å²) in [5.74, 6) is 2.37. The van der Waals surface area contributed by atoms with Gasteiger partial charge in [0.15, 0.2) is 5.76 Å². The number of likely N-dealkylation sites (tertiary alicyclic amines) is 1. The molecule has 0 aliphatic carbocycles. The zero-order valence-electron chi connectivity index (χ0n) is 13.6. The standard InChI is InChI=1S/C18H24ClN3O/c1-2-20-11-14-6-8-22(9-7-14)13-18-21-12-17(23-18)15-4-3-5-16(19)10-15/h3-5,10,12,14,20H,2,6-9,11,13H2,1H3. The summed E-state index contributed by atoms with van der Waals surface area (Å²) >= 11 is 6.03. The van der Waals surface area contributed by atoms with Crippen molar-refractivity contribution in [1.29, 1.82) is 0 Å². The molecule has 0 unspecified atom stereocenters. The summed E-state index contributed by atoms with van der Waals surface area (Å²) in [4.78, 5) is 6.85. The van der Waals surface area contributed by atoms with Crippen LogP contribution in [0, 0.1) is 5.92 Å². The monoisotopic (exact) mass is 333 g/mol. The van der Waals surface area contributed by atoms with Crippen molar-refractivity contribution in [3.8, 4) is 11.3 Å². The minimum absolute atomic E-state index is 0.711. The third-order valence-electron chi connectivity index (χ3n) is 4.41. The number of hydrogen-bond acceptors (Lipinski definition) is 4. The maximum absolute atomic E-state index is 6.03. The van der Waals surface area contributed by atoms with Gasteiger partial charge < -0.3 is 9.73 Å². The molecule has 3 rings (SSSR count). The van der Waals surface area contributed by atoms with Crippen LogP contribution in [0.25, 0.3) is 11.3 Å². The van der Waals surface area contributed by atoms with E-state index in [1.54, 1.807) is 6.20 Å². The van der Waals surface area contributed by atoms with E-state index in [1.165, 1.54) is 12.8 Å². The van der Waals surface area contributed by atoms with Gasteiger partial charge in [-0.05, 0) is 57.1 Å². The van der Waals surface area contributed by atoms with Crippen LogP contribution in [-0.2, 0) is 6.54 Å². The van der Waals surface area contributed by atoms with E-state index in [2.05, 4.69) is 22.1 Å². The number of nitrogens with one attached hydrogen (secondary N) is 1. The van der Waals surface area contributed by atoms with Crippen LogP contribution < -0.4 is 5.32 Å². The molecule has 1 saturated heterocycles. The molecule has 0 saturated carbocycles. The maximum Gasteiger partial charge on any atom is 0.209 e. The van der Waals surface area contributed by atoms with E-state index < -0.39 is 0 Å². The molecule has 2 heterocycles. The molecule has 0 amide bonds. The Kier molecular flexibility index (Phi) is 5.70. The minimum Gasteiger partial charge on any atom is -0.439 e. The van der Waals surface area contributed by atoms with Crippen LogP contribution >= 0.6 is 11.6 Å². The fourth-order valence-corrected chi connectivity index (χ4v) is 3.24. The van der Waals surface area contributed by atoms with Gasteiger partial charge in [0.25, 0.3) is 0 Å². The van der Waals surface area contributed by atoms with Crippen molar-refractivity contribution >= 4 is 11.6 Å². The van der Waals surface area contributed by atoms with Gasteiger partial charge in [-0.2, -0.15) is 0 Å². The van der Waals surface area contributed by atoms with Crippen LogP contribution in [0.15, 0.2) is 34.9 Å². The minimum atomic E-state index is 0.711. The maximum atomic E-state index is 6.03. The zero-order chi connectivity index (χ0) is 16.1. The van der Waals surface area contributed by atoms with Gasteiger partial charge in [0, 0.05) is 10.6 Å². The molecule has 1 fully saturated rings. The summed E-state index contributed by atoms with van der Waals surface area (Å²) in [6.45, 7) is 7.38. The second-order valence-electron chi connectivity index (χ2n) is 6.16. The first-order valence-electron chi connectivity index (χ1n) is 8.38.